The van der Waals surface area contributed by atoms with Crippen molar-refractivity contribution in [2.24, 2.45) is 10.5 Å². The maximum Gasteiger partial charge on any atom is 0.176 e. The second kappa shape index (κ2) is 6.91. The molecule has 0 aliphatic heterocycles. The van der Waals surface area contributed by atoms with Crippen molar-refractivity contribution in [1.82, 2.24) is 5.01 Å². The van der Waals surface area contributed by atoms with Crippen LogP contribution in [0.25, 0.3) is 0 Å². The molecule has 0 saturated heterocycles. The number of phenols is 3. The minimum atomic E-state index is -0.397. The molecule has 1 aromatic carbocycles. The SMILES string of the molecule is CSC(=N)N(/N=C/c1cc(O)c(O)cc1O)C(C)C(C)(C)C. The fourth-order valence-corrected chi connectivity index (χ4v) is 1.99. The molecule has 0 fully saturated rings. The number of benzene rings is 1. The van der Waals surface area contributed by atoms with E-state index in [4.69, 9.17) is 5.41 Å². The summed E-state index contributed by atoms with van der Waals surface area (Å²) >= 11 is 1.27. The maximum atomic E-state index is 9.78. The Morgan fingerprint density at radius 1 is 1.23 bits per heavy atom. The quantitative estimate of drug-likeness (QED) is 0.225. The van der Waals surface area contributed by atoms with Gasteiger partial charge in [0.1, 0.15) is 5.75 Å². The summed E-state index contributed by atoms with van der Waals surface area (Å²) in [5.74, 6) is -0.931. The van der Waals surface area contributed by atoms with Crippen LogP contribution in [0.5, 0.6) is 17.2 Å². The van der Waals surface area contributed by atoms with Crippen LogP contribution in [0.3, 0.4) is 0 Å². The molecule has 0 radical (unpaired) electrons. The highest BCUT2D eigenvalue weighted by Crippen LogP contribution is 2.31. The molecule has 7 heteroatoms. The van der Waals surface area contributed by atoms with Gasteiger partial charge < -0.3 is 15.3 Å². The van der Waals surface area contributed by atoms with E-state index in [9.17, 15) is 15.3 Å². The van der Waals surface area contributed by atoms with Gasteiger partial charge in [0, 0.05) is 11.6 Å². The van der Waals surface area contributed by atoms with Crippen LogP contribution in [0, 0.1) is 10.8 Å². The lowest BCUT2D eigenvalue weighted by atomic mass is 9.88. The number of nitrogens with one attached hydrogen (secondary N) is 1. The number of hydrogen-bond acceptors (Lipinski definition) is 6. The Labute approximate surface area is 135 Å². The van der Waals surface area contributed by atoms with Crippen molar-refractivity contribution in [3.63, 3.8) is 0 Å². The summed E-state index contributed by atoms with van der Waals surface area (Å²) in [4.78, 5) is 0. The van der Waals surface area contributed by atoms with Crippen molar-refractivity contribution in [2.75, 3.05) is 6.26 Å². The van der Waals surface area contributed by atoms with Gasteiger partial charge in [-0.1, -0.05) is 32.5 Å². The zero-order valence-corrected chi connectivity index (χ0v) is 14.3. The highest BCUT2D eigenvalue weighted by molar-refractivity contribution is 8.13. The van der Waals surface area contributed by atoms with Crippen LogP contribution >= 0.6 is 11.8 Å². The van der Waals surface area contributed by atoms with Gasteiger partial charge in [0.15, 0.2) is 16.7 Å². The molecule has 1 unspecified atom stereocenters. The highest BCUT2D eigenvalue weighted by atomic mass is 32.2. The Hall–Kier alpha value is -1.89. The number of aromatic hydroxyl groups is 3. The Morgan fingerprint density at radius 3 is 2.27 bits per heavy atom. The molecule has 0 aliphatic carbocycles. The average Bonchev–Trinajstić information content (AvgIpc) is 2.42. The number of thioether (sulfide) groups is 1. The van der Waals surface area contributed by atoms with E-state index in [1.165, 1.54) is 24.0 Å². The van der Waals surface area contributed by atoms with Crippen LogP contribution in [-0.4, -0.2) is 44.0 Å². The maximum absolute atomic E-state index is 9.78. The van der Waals surface area contributed by atoms with Gasteiger partial charge in [0.2, 0.25) is 0 Å². The minimum absolute atomic E-state index is 0.0449. The number of hydrogen-bond donors (Lipinski definition) is 4. The summed E-state index contributed by atoms with van der Waals surface area (Å²) in [6.45, 7) is 8.13. The van der Waals surface area contributed by atoms with E-state index in [1.807, 2.05) is 6.92 Å². The molecule has 0 aromatic heterocycles. The first-order valence-electron chi connectivity index (χ1n) is 6.78. The van der Waals surface area contributed by atoms with Crippen LogP contribution in [-0.2, 0) is 0 Å². The number of hydrazone groups is 1. The van der Waals surface area contributed by atoms with Crippen LogP contribution in [0.4, 0.5) is 0 Å². The predicted molar refractivity (Wildman–Crippen MR) is 91.0 cm³/mol. The molecule has 0 aliphatic rings. The molecule has 0 bridgehead atoms. The van der Waals surface area contributed by atoms with Crippen molar-refractivity contribution in [3.8, 4) is 17.2 Å². The fraction of sp³-hybridized carbons (Fsp3) is 0.467. The first-order valence-corrected chi connectivity index (χ1v) is 8.01. The topological polar surface area (TPSA) is 100 Å². The van der Waals surface area contributed by atoms with Crippen molar-refractivity contribution < 1.29 is 15.3 Å². The average molecular weight is 325 g/mol. The Bertz CT molecular complexity index is 582. The van der Waals surface area contributed by atoms with E-state index >= 15 is 0 Å². The second-order valence-corrected chi connectivity index (χ2v) is 6.84. The summed E-state index contributed by atoms with van der Waals surface area (Å²) in [6.07, 6.45) is 3.16. The van der Waals surface area contributed by atoms with Crippen LogP contribution in [0.2, 0.25) is 0 Å². The summed E-state index contributed by atoms with van der Waals surface area (Å²) in [7, 11) is 0. The molecule has 0 amide bonds. The molecule has 1 atom stereocenters. The van der Waals surface area contributed by atoms with E-state index in [0.717, 1.165) is 6.07 Å². The molecular weight excluding hydrogens is 302 g/mol. The summed E-state index contributed by atoms with van der Waals surface area (Å²) < 4.78 is 0. The van der Waals surface area contributed by atoms with Crippen molar-refractivity contribution >= 4 is 23.1 Å². The third-order valence-electron chi connectivity index (χ3n) is 3.47. The lowest BCUT2D eigenvalue weighted by Gasteiger charge is -2.35. The number of amidine groups is 1. The molecule has 1 rings (SSSR count). The molecular formula is C15H23N3O3S. The van der Waals surface area contributed by atoms with E-state index in [0.29, 0.717) is 0 Å². The Morgan fingerprint density at radius 2 is 1.77 bits per heavy atom. The van der Waals surface area contributed by atoms with E-state index in [-0.39, 0.29) is 33.7 Å². The molecule has 1 aromatic rings. The van der Waals surface area contributed by atoms with Crippen molar-refractivity contribution in [1.29, 1.82) is 5.41 Å². The monoisotopic (exact) mass is 325 g/mol. The van der Waals surface area contributed by atoms with Gasteiger partial charge in [0.05, 0.1) is 12.3 Å². The Kier molecular flexibility index (Phi) is 5.71. The summed E-state index contributed by atoms with van der Waals surface area (Å²) in [5, 5.41) is 42.7. The third kappa shape index (κ3) is 4.30. The van der Waals surface area contributed by atoms with Gasteiger partial charge >= 0.3 is 0 Å². The first-order chi connectivity index (χ1) is 10.1. The lowest BCUT2D eigenvalue weighted by molar-refractivity contribution is 0.191. The van der Waals surface area contributed by atoms with E-state index in [1.54, 1.807) is 11.3 Å². The molecule has 122 valence electrons. The van der Waals surface area contributed by atoms with E-state index in [2.05, 4.69) is 25.9 Å². The Balaban J connectivity index is 3.14. The van der Waals surface area contributed by atoms with Gasteiger partial charge in [-0.2, -0.15) is 5.10 Å². The molecule has 22 heavy (non-hydrogen) atoms. The van der Waals surface area contributed by atoms with Crippen LogP contribution in [0.15, 0.2) is 17.2 Å². The zero-order valence-electron chi connectivity index (χ0n) is 13.5. The fourth-order valence-electron chi connectivity index (χ4n) is 1.60. The number of rotatable bonds is 3. The van der Waals surface area contributed by atoms with E-state index < -0.39 is 5.75 Å². The molecule has 6 nitrogen and oxygen atoms in total. The molecule has 4 N–H and O–H groups in total. The van der Waals surface area contributed by atoms with Gasteiger partial charge in [-0.25, -0.2) is 5.01 Å². The van der Waals surface area contributed by atoms with Gasteiger partial charge in [0.25, 0.3) is 0 Å². The van der Waals surface area contributed by atoms with Gasteiger partial charge in [-0.15, -0.1) is 0 Å². The lowest BCUT2D eigenvalue weighted by Crippen LogP contribution is -2.41. The number of phenolic OH excluding ortho intramolecular Hbond substituents is 3. The molecule has 0 spiro atoms. The normalized spacial score (nSPS) is 13.3. The molecule has 0 saturated carbocycles. The van der Waals surface area contributed by atoms with Gasteiger partial charge in [-0.3, -0.25) is 5.41 Å². The second-order valence-electron chi connectivity index (χ2n) is 6.04. The summed E-state index contributed by atoms with van der Waals surface area (Å²) in [6, 6.07) is 2.22. The van der Waals surface area contributed by atoms with Crippen molar-refractivity contribution in [3.05, 3.63) is 17.7 Å². The largest absolute Gasteiger partial charge is 0.507 e. The summed E-state index contributed by atoms with van der Waals surface area (Å²) in [5.41, 5.74) is 0.161. The highest BCUT2D eigenvalue weighted by Gasteiger charge is 2.27. The number of nitrogens with zero attached hydrogens (tertiary/aromatic N) is 2. The predicted octanol–water partition coefficient (Wildman–Crippen LogP) is 3.17. The smallest absolute Gasteiger partial charge is 0.176 e. The van der Waals surface area contributed by atoms with Gasteiger partial charge in [-0.05, 0) is 24.7 Å². The molecule has 0 heterocycles. The van der Waals surface area contributed by atoms with Crippen LogP contribution in [0.1, 0.15) is 33.3 Å². The van der Waals surface area contributed by atoms with Crippen molar-refractivity contribution in [2.45, 2.75) is 33.7 Å². The zero-order chi connectivity index (χ0) is 17.1. The van der Waals surface area contributed by atoms with Crippen LogP contribution < -0.4 is 0 Å². The minimum Gasteiger partial charge on any atom is -0.507 e. The standard InChI is InChI=1S/C15H23N3O3S/c1-9(15(2,3)4)18(14(16)22-5)17-8-10-6-12(20)13(21)7-11(10)19/h6-9,16,19-21H,1-5H3/b16-14?,17-8+. The third-order valence-corrected chi connectivity index (χ3v) is 4.04. The first kappa shape index (κ1) is 18.2.